The summed E-state index contributed by atoms with van der Waals surface area (Å²) in [5.74, 6) is -1.76. The number of alkyl halides is 3. The molecule has 78 valence electrons. The summed E-state index contributed by atoms with van der Waals surface area (Å²) < 4.78 is 26.7. The van der Waals surface area contributed by atoms with Crippen LogP contribution in [0.1, 0.15) is 44.9 Å². The first kappa shape index (κ1) is 11.7. The minimum Gasteiger partial charge on any atom is -0.207 e. The largest absolute Gasteiger partial charge is 0.248 e. The Morgan fingerprint density at radius 1 is 1.15 bits per heavy atom. The van der Waals surface area contributed by atoms with E-state index in [4.69, 9.17) is 0 Å². The van der Waals surface area contributed by atoms with Gasteiger partial charge < -0.3 is 0 Å². The molecule has 0 aliphatic heterocycles. The predicted molar refractivity (Wildman–Crippen MR) is 59.6 cm³/mol. The summed E-state index contributed by atoms with van der Waals surface area (Å²) in [6.07, 6.45) is 5.37. The number of unbranched alkanes of at least 4 members (excludes halogenated alkanes) is 1. The van der Waals surface area contributed by atoms with Crippen molar-refractivity contribution in [3.8, 4) is 0 Å². The second-order valence-corrected chi connectivity index (χ2v) is 5.06. The normalized spacial score (nSPS) is 23.3. The molecular weight excluding hydrogens is 285 g/mol. The topological polar surface area (TPSA) is 0 Å². The van der Waals surface area contributed by atoms with E-state index in [2.05, 4.69) is 22.6 Å². The molecule has 0 radical (unpaired) electrons. The Morgan fingerprint density at radius 2 is 1.77 bits per heavy atom. The third-order valence-corrected chi connectivity index (χ3v) is 3.60. The Labute approximate surface area is 92.6 Å². The summed E-state index contributed by atoms with van der Waals surface area (Å²) in [5.41, 5.74) is 0. The van der Waals surface area contributed by atoms with Crippen molar-refractivity contribution in [1.29, 1.82) is 0 Å². The number of hydrogen-bond donors (Lipinski definition) is 0. The van der Waals surface area contributed by atoms with Gasteiger partial charge in [0, 0.05) is 12.8 Å². The summed E-state index contributed by atoms with van der Waals surface area (Å²) in [5, 5.41) is 0. The van der Waals surface area contributed by atoms with Crippen LogP contribution < -0.4 is 0 Å². The fourth-order valence-electron chi connectivity index (χ4n) is 1.92. The highest BCUT2D eigenvalue weighted by Crippen LogP contribution is 2.37. The lowest BCUT2D eigenvalue weighted by atomic mass is 9.84. The van der Waals surface area contributed by atoms with E-state index >= 15 is 0 Å². The molecule has 1 saturated carbocycles. The third kappa shape index (κ3) is 4.56. The summed E-state index contributed by atoms with van der Waals surface area (Å²) in [6.45, 7) is 0. The van der Waals surface area contributed by atoms with Gasteiger partial charge in [-0.15, -0.1) is 0 Å². The highest BCUT2D eigenvalue weighted by atomic mass is 127. The van der Waals surface area contributed by atoms with Gasteiger partial charge >= 0.3 is 0 Å². The number of rotatable bonds is 4. The molecule has 0 atom stereocenters. The second-order valence-electron chi connectivity index (χ2n) is 3.98. The smallest absolute Gasteiger partial charge is 0.207 e. The fraction of sp³-hybridized carbons (Fsp3) is 1.00. The molecule has 0 bridgehead atoms. The quantitative estimate of drug-likeness (QED) is 0.410. The molecule has 1 fully saturated rings. The van der Waals surface area contributed by atoms with Crippen LogP contribution in [0.15, 0.2) is 0 Å². The maximum absolute atomic E-state index is 12.8. The Bertz CT molecular complexity index is 138. The molecule has 13 heavy (non-hydrogen) atoms. The summed E-state index contributed by atoms with van der Waals surface area (Å²) in [4.78, 5) is 0. The maximum Gasteiger partial charge on any atom is 0.248 e. The van der Waals surface area contributed by atoms with Crippen molar-refractivity contribution in [3.05, 3.63) is 0 Å². The lowest BCUT2D eigenvalue weighted by Gasteiger charge is -2.28. The molecule has 0 N–H and O–H groups in total. The van der Waals surface area contributed by atoms with Crippen LogP contribution in [0.4, 0.5) is 8.78 Å². The van der Waals surface area contributed by atoms with E-state index in [-0.39, 0.29) is 12.8 Å². The monoisotopic (exact) mass is 302 g/mol. The van der Waals surface area contributed by atoms with E-state index < -0.39 is 5.92 Å². The SMILES string of the molecule is FC1(F)CCC(CCCCI)CC1. The molecule has 0 nitrogen and oxygen atoms in total. The van der Waals surface area contributed by atoms with Crippen molar-refractivity contribution in [2.75, 3.05) is 4.43 Å². The van der Waals surface area contributed by atoms with Crippen molar-refractivity contribution in [3.63, 3.8) is 0 Å². The lowest BCUT2D eigenvalue weighted by molar-refractivity contribution is -0.0466. The molecule has 1 rings (SSSR count). The molecule has 1 aliphatic rings. The first-order valence-corrected chi connectivity index (χ1v) is 6.60. The zero-order valence-corrected chi connectivity index (χ0v) is 10.0. The van der Waals surface area contributed by atoms with Crippen molar-refractivity contribution < 1.29 is 8.78 Å². The van der Waals surface area contributed by atoms with E-state index in [0.29, 0.717) is 5.92 Å². The van der Waals surface area contributed by atoms with Gasteiger partial charge in [-0.1, -0.05) is 35.4 Å². The second kappa shape index (κ2) is 5.47. The van der Waals surface area contributed by atoms with Crippen molar-refractivity contribution in [1.82, 2.24) is 0 Å². The third-order valence-electron chi connectivity index (χ3n) is 2.83. The molecule has 3 heteroatoms. The van der Waals surface area contributed by atoms with Gasteiger partial charge in [0.05, 0.1) is 0 Å². The predicted octanol–water partition coefficient (Wildman–Crippen LogP) is 4.42. The standard InChI is InChI=1S/C10H17F2I/c11-10(12)6-4-9(5-7-10)3-1-2-8-13/h9H,1-8H2. The van der Waals surface area contributed by atoms with Gasteiger partial charge in [-0.3, -0.25) is 0 Å². The number of halogens is 3. The first-order valence-electron chi connectivity index (χ1n) is 5.08. The van der Waals surface area contributed by atoms with Crippen LogP contribution in [-0.2, 0) is 0 Å². The average molecular weight is 302 g/mol. The van der Waals surface area contributed by atoms with Crippen LogP contribution in [0.5, 0.6) is 0 Å². The van der Waals surface area contributed by atoms with Crippen LogP contribution in [0.3, 0.4) is 0 Å². The molecule has 0 aromatic heterocycles. The molecule has 0 aromatic carbocycles. The highest BCUT2D eigenvalue weighted by molar-refractivity contribution is 14.1. The van der Waals surface area contributed by atoms with Crippen LogP contribution in [0.2, 0.25) is 0 Å². The Morgan fingerprint density at radius 3 is 2.31 bits per heavy atom. The van der Waals surface area contributed by atoms with Crippen LogP contribution in [0.25, 0.3) is 0 Å². The highest BCUT2D eigenvalue weighted by Gasteiger charge is 2.34. The first-order chi connectivity index (χ1) is 6.14. The molecule has 1 aliphatic carbocycles. The Hall–Kier alpha value is 0.590. The van der Waals surface area contributed by atoms with Gasteiger partial charge in [-0.2, -0.15) is 0 Å². The van der Waals surface area contributed by atoms with E-state index in [1.54, 1.807) is 0 Å². The number of hydrogen-bond acceptors (Lipinski definition) is 0. The fourth-order valence-corrected chi connectivity index (χ4v) is 2.46. The lowest BCUT2D eigenvalue weighted by Crippen LogP contribution is -2.24. The summed E-state index contributed by atoms with van der Waals surface area (Å²) in [6, 6.07) is 0. The Balaban J connectivity index is 2.11. The molecule has 0 saturated heterocycles. The van der Waals surface area contributed by atoms with E-state index in [0.717, 1.165) is 12.8 Å². The van der Waals surface area contributed by atoms with Gasteiger partial charge in [0.1, 0.15) is 0 Å². The molecular formula is C10H17F2I. The zero-order valence-electron chi connectivity index (χ0n) is 7.87. The van der Waals surface area contributed by atoms with Gasteiger partial charge in [0.25, 0.3) is 0 Å². The van der Waals surface area contributed by atoms with Crippen molar-refractivity contribution in [2.45, 2.75) is 50.9 Å². The molecule has 0 spiro atoms. The minimum absolute atomic E-state index is 0.127. The molecule has 0 unspecified atom stereocenters. The van der Waals surface area contributed by atoms with Gasteiger partial charge in [-0.25, -0.2) is 8.78 Å². The average Bonchev–Trinajstić information content (AvgIpc) is 2.08. The van der Waals surface area contributed by atoms with Gasteiger partial charge in [0.15, 0.2) is 0 Å². The molecule has 0 amide bonds. The molecule has 0 aromatic rings. The van der Waals surface area contributed by atoms with E-state index in [1.165, 1.54) is 23.7 Å². The van der Waals surface area contributed by atoms with E-state index in [1.807, 2.05) is 0 Å². The van der Waals surface area contributed by atoms with Crippen molar-refractivity contribution >= 4 is 22.6 Å². The van der Waals surface area contributed by atoms with Gasteiger partial charge in [-0.05, 0) is 29.6 Å². The van der Waals surface area contributed by atoms with Crippen LogP contribution in [-0.4, -0.2) is 10.4 Å². The van der Waals surface area contributed by atoms with Crippen molar-refractivity contribution in [2.24, 2.45) is 5.92 Å². The summed E-state index contributed by atoms with van der Waals surface area (Å²) >= 11 is 2.37. The van der Waals surface area contributed by atoms with E-state index in [9.17, 15) is 8.78 Å². The maximum atomic E-state index is 12.8. The molecule has 0 heterocycles. The summed E-state index contributed by atoms with van der Waals surface area (Å²) in [7, 11) is 0. The Kier molecular flexibility index (Phi) is 4.90. The van der Waals surface area contributed by atoms with Gasteiger partial charge in [0.2, 0.25) is 5.92 Å². The minimum atomic E-state index is -2.35. The van der Waals surface area contributed by atoms with Crippen LogP contribution in [0, 0.1) is 5.92 Å². The zero-order chi connectivity index (χ0) is 9.73. The van der Waals surface area contributed by atoms with Crippen LogP contribution >= 0.6 is 22.6 Å².